The summed E-state index contributed by atoms with van der Waals surface area (Å²) in [5.41, 5.74) is 0. The third kappa shape index (κ3) is 10.4. The topological polar surface area (TPSA) is 111 Å². The molecule has 0 heterocycles. The second kappa shape index (κ2) is 18.3. The summed E-state index contributed by atoms with van der Waals surface area (Å²) >= 11 is 0. The molecule has 16 heteroatoms. The molecule has 0 atom stereocenters. The molecule has 0 N–H and O–H groups in total. The first-order chi connectivity index (χ1) is 17.2. The molecule has 0 radical (unpaired) electrons. The largest absolute Gasteiger partial charge is 0.500 e. The van der Waals surface area contributed by atoms with Crippen molar-refractivity contribution in [2.45, 2.75) is 37.4 Å². The monoisotopic (exact) mass is 571 g/mol. The molecule has 0 bridgehead atoms. The van der Waals surface area contributed by atoms with E-state index in [2.05, 4.69) is 4.95 Å². The molecule has 0 saturated heterocycles. The van der Waals surface area contributed by atoms with E-state index in [-0.39, 0.29) is 12.6 Å². The highest BCUT2D eigenvalue weighted by molar-refractivity contribution is 6.61. The van der Waals surface area contributed by atoms with Gasteiger partial charge in [0.25, 0.3) is 0 Å². The van der Waals surface area contributed by atoms with E-state index in [4.69, 9.17) is 46.4 Å². The Morgan fingerprint density at radius 3 is 1.11 bits per heavy atom. The summed E-state index contributed by atoms with van der Waals surface area (Å²) in [6, 6.07) is 1.13. The van der Waals surface area contributed by atoms with Crippen molar-refractivity contribution in [3.8, 4) is 0 Å². The molecule has 13 nitrogen and oxygen atoms in total. The maximum absolute atomic E-state index is 13.4. The van der Waals surface area contributed by atoms with Gasteiger partial charge in [-0.3, -0.25) is 0 Å². The molecule has 0 aromatic heterocycles. The van der Waals surface area contributed by atoms with Crippen molar-refractivity contribution in [1.82, 2.24) is 9.91 Å². The van der Waals surface area contributed by atoms with Gasteiger partial charge in [0.15, 0.2) is 0 Å². The molecule has 0 spiro atoms. The number of hydrogen-bond donors (Lipinski definition) is 0. The van der Waals surface area contributed by atoms with E-state index in [9.17, 15) is 4.79 Å². The molecular weight excluding hydrogens is 526 g/mol. The molecule has 0 aromatic rings. The van der Waals surface area contributed by atoms with E-state index < -0.39 is 26.4 Å². The van der Waals surface area contributed by atoms with Crippen LogP contribution in [0.3, 0.4) is 0 Å². The van der Waals surface area contributed by atoms with Crippen LogP contribution in [-0.4, -0.2) is 126 Å². The fourth-order valence-electron chi connectivity index (χ4n) is 3.74. The standard InChI is InChI=1S/C20H45N3O10Si3/c1-21-23(16-13-19-36(31-8,32-9)33-10)20(24)22(14-11-17-34(25-2,26-3)27-4)15-12-18-35(28-5,29-6)30-7/h11-19H2,2-10H3. The Morgan fingerprint density at radius 2 is 0.861 bits per heavy atom. The number of urea groups is 1. The van der Waals surface area contributed by atoms with E-state index in [0.717, 1.165) is 5.01 Å². The Kier molecular flexibility index (Phi) is 17.8. The number of nitrogens with zero attached hydrogens (tertiary/aromatic N) is 3. The first-order valence-electron chi connectivity index (χ1n) is 11.6. The molecule has 0 aliphatic rings. The first-order valence-corrected chi connectivity index (χ1v) is 17.4. The Hall–Kier alpha value is -0.949. The van der Waals surface area contributed by atoms with Gasteiger partial charge in [0.1, 0.15) is 0 Å². The highest BCUT2D eigenvalue weighted by atomic mass is 28.4. The van der Waals surface area contributed by atoms with Gasteiger partial charge in [-0.25, -0.2) is 4.79 Å². The molecule has 0 aromatic carbocycles. The molecule has 0 saturated carbocycles. The van der Waals surface area contributed by atoms with Gasteiger partial charge in [-0.15, -0.1) is 0 Å². The van der Waals surface area contributed by atoms with Crippen molar-refractivity contribution >= 4 is 32.4 Å². The maximum atomic E-state index is 13.4. The predicted molar refractivity (Wildman–Crippen MR) is 139 cm³/mol. The highest BCUT2D eigenvalue weighted by Crippen LogP contribution is 2.20. The van der Waals surface area contributed by atoms with E-state index in [1.54, 1.807) is 47.6 Å². The molecule has 0 unspecified atom stereocenters. The number of carbonyl (C=O) groups excluding carboxylic acids is 1. The van der Waals surface area contributed by atoms with E-state index in [1.165, 1.54) is 21.3 Å². The van der Waals surface area contributed by atoms with Gasteiger partial charge < -0.3 is 44.7 Å². The Bertz CT molecular complexity index is 596. The summed E-state index contributed by atoms with van der Waals surface area (Å²) < 4.78 is 49.2. The lowest BCUT2D eigenvalue weighted by molar-refractivity contribution is 0.118. The van der Waals surface area contributed by atoms with Crippen molar-refractivity contribution in [2.75, 3.05) is 83.6 Å². The van der Waals surface area contributed by atoms with E-state index in [1.807, 2.05) is 0 Å². The third-order valence-corrected chi connectivity index (χ3v) is 14.6. The number of rotatable bonds is 21. The quantitative estimate of drug-likeness (QED) is 0.116. The van der Waals surface area contributed by atoms with Gasteiger partial charge in [0.05, 0.1) is 6.54 Å². The van der Waals surface area contributed by atoms with Crippen molar-refractivity contribution in [3.63, 3.8) is 0 Å². The molecular formula is C20H45N3O10Si3. The van der Waals surface area contributed by atoms with Gasteiger partial charge in [0, 0.05) is 95.2 Å². The molecule has 36 heavy (non-hydrogen) atoms. The molecule has 0 aliphatic carbocycles. The average Bonchev–Trinajstić information content (AvgIpc) is 2.93. The van der Waals surface area contributed by atoms with Crippen LogP contribution < -0.4 is 0 Å². The van der Waals surface area contributed by atoms with E-state index >= 15 is 0 Å². The normalized spacial score (nSPS) is 12.4. The van der Waals surface area contributed by atoms with Gasteiger partial charge in [-0.2, -0.15) is 11.5 Å². The predicted octanol–water partition coefficient (Wildman–Crippen LogP) is 2.35. The molecule has 0 fully saturated rings. The van der Waals surface area contributed by atoms with Crippen LogP contribution in [0.2, 0.25) is 18.1 Å². The third-order valence-electron chi connectivity index (χ3n) is 6.09. The number of carbonyl (C=O) groups is 1. The van der Waals surface area contributed by atoms with Crippen LogP contribution >= 0.6 is 0 Å². The smallest absolute Gasteiger partial charge is 0.377 e. The second-order valence-corrected chi connectivity index (χ2v) is 17.0. The SMILES string of the molecule is [C-]#[N+]N(CCC[Si](OC)(OC)OC)C(=O)N(CCC[Si](OC)(OC)OC)CCC[Si](OC)(OC)OC. The lowest BCUT2D eigenvalue weighted by Crippen LogP contribution is -2.47. The van der Waals surface area contributed by atoms with Crippen molar-refractivity contribution < 1.29 is 44.6 Å². The van der Waals surface area contributed by atoms with Crippen molar-refractivity contribution in [1.29, 1.82) is 0 Å². The van der Waals surface area contributed by atoms with Crippen LogP contribution in [0.5, 0.6) is 0 Å². The molecule has 2 amide bonds. The molecule has 0 aliphatic heterocycles. The summed E-state index contributed by atoms with van der Waals surface area (Å²) in [6.45, 7) is 8.60. The summed E-state index contributed by atoms with van der Waals surface area (Å²) in [7, 11) is 5.54. The Balaban J connectivity index is 5.41. The zero-order valence-electron chi connectivity index (χ0n) is 23.3. The number of hydrogen-bond acceptors (Lipinski definition) is 10. The van der Waals surface area contributed by atoms with Gasteiger partial charge >= 0.3 is 32.4 Å². The van der Waals surface area contributed by atoms with Crippen LogP contribution in [0.15, 0.2) is 0 Å². The minimum atomic E-state index is -2.80. The van der Waals surface area contributed by atoms with Gasteiger partial charge in [0.2, 0.25) is 0 Å². The lowest BCUT2D eigenvalue weighted by Gasteiger charge is -2.29. The zero-order valence-corrected chi connectivity index (χ0v) is 26.3. The second-order valence-electron chi connectivity index (χ2n) is 7.69. The van der Waals surface area contributed by atoms with E-state index in [0.29, 0.717) is 50.5 Å². The number of amides is 2. The highest BCUT2D eigenvalue weighted by Gasteiger charge is 2.40. The van der Waals surface area contributed by atoms with Crippen LogP contribution in [0, 0.1) is 6.57 Å². The van der Waals surface area contributed by atoms with Gasteiger partial charge in [-0.1, -0.05) is 0 Å². The summed E-state index contributed by atoms with van der Waals surface area (Å²) in [4.78, 5) is 18.5. The van der Waals surface area contributed by atoms with Crippen molar-refractivity contribution in [2.24, 2.45) is 0 Å². The fraction of sp³-hybridized carbons (Fsp3) is 0.900. The maximum Gasteiger partial charge on any atom is 0.500 e. The van der Waals surface area contributed by atoms with Crippen LogP contribution in [0.1, 0.15) is 19.3 Å². The molecule has 0 rings (SSSR count). The molecule has 212 valence electrons. The minimum absolute atomic E-state index is 0.212. The lowest BCUT2D eigenvalue weighted by atomic mass is 10.3. The Labute approximate surface area is 219 Å². The van der Waals surface area contributed by atoms with Crippen LogP contribution in [0.4, 0.5) is 4.79 Å². The first kappa shape index (κ1) is 35.1. The minimum Gasteiger partial charge on any atom is -0.377 e. The Morgan fingerprint density at radius 1 is 0.583 bits per heavy atom. The summed E-state index contributed by atoms with van der Waals surface area (Å²) in [5, 5.41) is 1.13. The average molecular weight is 572 g/mol. The zero-order chi connectivity index (χ0) is 27.7. The summed E-state index contributed by atoms with van der Waals surface area (Å²) in [6.07, 6.45) is 1.64. The van der Waals surface area contributed by atoms with Gasteiger partial charge in [-0.05, 0) is 24.3 Å². The summed E-state index contributed by atoms with van der Waals surface area (Å²) in [5.74, 6) is 0. The van der Waals surface area contributed by atoms with Crippen molar-refractivity contribution in [3.05, 3.63) is 11.5 Å². The van der Waals surface area contributed by atoms with Crippen LogP contribution in [0.25, 0.3) is 4.95 Å². The fourth-order valence-corrected chi connectivity index (χ4v) is 8.85. The van der Waals surface area contributed by atoms with Crippen LogP contribution in [-0.2, 0) is 39.8 Å².